The Morgan fingerprint density at radius 3 is 2.44 bits per heavy atom. The minimum atomic E-state index is 0.616. The van der Waals surface area contributed by atoms with Crippen LogP contribution in [0, 0.1) is 5.41 Å². The molecule has 2 aliphatic heterocycles. The maximum atomic E-state index is 3.47. The molecule has 0 amide bonds. The van der Waals surface area contributed by atoms with Gasteiger partial charge in [-0.25, -0.2) is 0 Å². The maximum absolute atomic E-state index is 3.47. The van der Waals surface area contributed by atoms with Crippen molar-refractivity contribution in [2.75, 3.05) is 31.1 Å². The quantitative estimate of drug-likeness (QED) is 0.860. The summed E-state index contributed by atoms with van der Waals surface area (Å²) in [6, 6.07) is 8.92. The van der Waals surface area contributed by atoms with Gasteiger partial charge in [0, 0.05) is 24.2 Å². The molecule has 3 rings (SSSR count). The van der Waals surface area contributed by atoms with E-state index in [1.54, 1.807) is 0 Å². The van der Waals surface area contributed by atoms with Crippen LogP contribution in [0.5, 0.6) is 0 Å². The molecule has 1 aromatic rings. The van der Waals surface area contributed by atoms with Gasteiger partial charge in [-0.1, -0.05) is 32.0 Å². The minimum absolute atomic E-state index is 0.616. The molecule has 1 spiro atoms. The second-order valence-electron chi connectivity index (χ2n) is 6.32. The number of nitrogens with zero attached hydrogens (tertiary/aromatic N) is 1. The van der Waals surface area contributed by atoms with Crippen LogP contribution in [-0.4, -0.2) is 26.2 Å². The Morgan fingerprint density at radius 1 is 1.11 bits per heavy atom. The molecule has 0 atom stereocenters. The molecule has 0 bridgehead atoms. The van der Waals surface area contributed by atoms with Gasteiger partial charge in [-0.15, -0.1) is 0 Å². The molecule has 2 saturated heterocycles. The van der Waals surface area contributed by atoms with Gasteiger partial charge in [0.15, 0.2) is 0 Å². The summed E-state index contributed by atoms with van der Waals surface area (Å²) in [6.07, 6.45) is 2.71. The fourth-order valence-corrected chi connectivity index (χ4v) is 3.47. The van der Waals surface area contributed by atoms with Crippen molar-refractivity contribution in [2.24, 2.45) is 5.41 Å². The first-order valence-electron chi connectivity index (χ1n) is 7.25. The van der Waals surface area contributed by atoms with Crippen LogP contribution in [0.3, 0.4) is 0 Å². The van der Waals surface area contributed by atoms with Gasteiger partial charge in [0.2, 0.25) is 0 Å². The average molecular weight is 244 g/mol. The molecular weight excluding hydrogens is 220 g/mol. The van der Waals surface area contributed by atoms with Crippen molar-refractivity contribution in [3.63, 3.8) is 0 Å². The summed E-state index contributed by atoms with van der Waals surface area (Å²) in [5.74, 6) is 0.616. The Kier molecular flexibility index (Phi) is 3.06. The Labute approximate surface area is 110 Å². The fourth-order valence-electron chi connectivity index (χ4n) is 3.47. The number of benzene rings is 1. The van der Waals surface area contributed by atoms with Crippen molar-refractivity contribution in [3.8, 4) is 0 Å². The number of hydrogen-bond donors (Lipinski definition) is 1. The Bertz CT molecular complexity index is 411. The number of anilines is 1. The van der Waals surface area contributed by atoms with E-state index in [1.165, 1.54) is 50.3 Å². The third kappa shape index (κ3) is 2.03. The van der Waals surface area contributed by atoms with Crippen molar-refractivity contribution >= 4 is 5.69 Å². The summed E-state index contributed by atoms with van der Waals surface area (Å²) in [7, 11) is 0. The van der Waals surface area contributed by atoms with E-state index in [1.807, 2.05) is 0 Å². The van der Waals surface area contributed by atoms with Gasteiger partial charge in [0.1, 0.15) is 0 Å². The first-order chi connectivity index (χ1) is 8.70. The number of para-hydroxylation sites is 1. The van der Waals surface area contributed by atoms with Crippen molar-refractivity contribution in [2.45, 2.75) is 32.6 Å². The van der Waals surface area contributed by atoms with Crippen LogP contribution in [0.4, 0.5) is 5.69 Å². The van der Waals surface area contributed by atoms with Crippen LogP contribution < -0.4 is 10.2 Å². The summed E-state index contributed by atoms with van der Waals surface area (Å²) >= 11 is 0. The largest absolute Gasteiger partial charge is 0.370 e. The summed E-state index contributed by atoms with van der Waals surface area (Å²) in [5, 5.41) is 3.47. The van der Waals surface area contributed by atoms with Crippen molar-refractivity contribution in [3.05, 3.63) is 29.8 Å². The highest BCUT2D eigenvalue weighted by atomic mass is 15.2. The highest BCUT2D eigenvalue weighted by Gasteiger charge is 2.43. The molecule has 98 valence electrons. The molecule has 2 fully saturated rings. The lowest BCUT2D eigenvalue weighted by Crippen LogP contribution is -2.60. The summed E-state index contributed by atoms with van der Waals surface area (Å²) in [5.41, 5.74) is 3.59. The smallest absolute Gasteiger partial charge is 0.0401 e. The van der Waals surface area contributed by atoms with Crippen molar-refractivity contribution in [1.82, 2.24) is 5.32 Å². The van der Waals surface area contributed by atoms with E-state index in [4.69, 9.17) is 0 Å². The van der Waals surface area contributed by atoms with E-state index in [9.17, 15) is 0 Å². The second-order valence-corrected chi connectivity index (χ2v) is 6.32. The zero-order valence-electron chi connectivity index (χ0n) is 11.6. The minimum Gasteiger partial charge on any atom is -0.370 e. The van der Waals surface area contributed by atoms with Crippen LogP contribution in [0.15, 0.2) is 24.3 Å². The lowest BCUT2D eigenvalue weighted by atomic mass is 9.72. The molecule has 18 heavy (non-hydrogen) atoms. The number of piperidine rings is 1. The van der Waals surface area contributed by atoms with E-state index in [2.05, 4.69) is 48.3 Å². The number of rotatable bonds is 2. The first kappa shape index (κ1) is 12.0. The van der Waals surface area contributed by atoms with Gasteiger partial charge >= 0.3 is 0 Å². The predicted molar refractivity (Wildman–Crippen MR) is 77.3 cm³/mol. The number of hydrogen-bond acceptors (Lipinski definition) is 2. The monoisotopic (exact) mass is 244 g/mol. The third-order valence-corrected chi connectivity index (χ3v) is 4.62. The highest BCUT2D eigenvalue weighted by Crippen LogP contribution is 2.42. The van der Waals surface area contributed by atoms with Gasteiger partial charge < -0.3 is 10.2 Å². The normalized spacial score (nSPS) is 22.3. The topological polar surface area (TPSA) is 15.3 Å². The van der Waals surface area contributed by atoms with E-state index in [-0.39, 0.29) is 0 Å². The van der Waals surface area contributed by atoms with Gasteiger partial charge in [-0.2, -0.15) is 0 Å². The standard InChI is InChI=1S/C16H24N2/c1-13(2)14-5-3-4-6-15(14)18-11-16(12-18)7-9-17-10-8-16/h3-6,13,17H,7-12H2,1-2H3. The van der Waals surface area contributed by atoms with Crippen molar-refractivity contribution < 1.29 is 0 Å². The predicted octanol–water partition coefficient (Wildman–Crippen LogP) is 3.00. The molecule has 0 aromatic heterocycles. The molecule has 2 nitrogen and oxygen atoms in total. The highest BCUT2D eigenvalue weighted by molar-refractivity contribution is 5.57. The molecule has 0 unspecified atom stereocenters. The summed E-state index contributed by atoms with van der Waals surface area (Å²) in [6.45, 7) is 9.52. The molecule has 1 N–H and O–H groups in total. The lowest BCUT2D eigenvalue weighted by Gasteiger charge is -2.54. The average Bonchev–Trinajstić information content (AvgIpc) is 2.37. The van der Waals surface area contributed by atoms with Gasteiger partial charge in [0.05, 0.1) is 0 Å². The van der Waals surface area contributed by atoms with E-state index < -0.39 is 0 Å². The molecule has 2 heterocycles. The van der Waals surface area contributed by atoms with E-state index in [0.29, 0.717) is 11.3 Å². The zero-order chi connectivity index (χ0) is 12.6. The summed E-state index contributed by atoms with van der Waals surface area (Å²) < 4.78 is 0. The van der Waals surface area contributed by atoms with Crippen molar-refractivity contribution in [1.29, 1.82) is 0 Å². The van der Waals surface area contributed by atoms with Crippen LogP contribution in [0.25, 0.3) is 0 Å². The van der Waals surface area contributed by atoms with Crippen LogP contribution >= 0.6 is 0 Å². The molecule has 2 heteroatoms. The molecule has 1 aromatic carbocycles. The molecule has 0 aliphatic carbocycles. The van der Waals surface area contributed by atoms with Gasteiger partial charge in [-0.05, 0) is 43.5 Å². The molecule has 0 radical (unpaired) electrons. The first-order valence-corrected chi connectivity index (χ1v) is 7.25. The maximum Gasteiger partial charge on any atom is 0.0401 e. The Hall–Kier alpha value is -1.02. The van der Waals surface area contributed by atoms with E-state index >= 15 is 0 Å². The SMILES string of the molecule is CC(C)c1ccccc1N1CC2(CCNCC2)C1. The van der Waals surface area contributed by atoms with Gasteiger partial charge in [-0.3, -0.25) is 0 Å². The summed E-state index contributed by atoms with van der Waals surface area (Å²) in [4.78, 5) is 2.58. The molecular formula is C16H24N2. The van der Waals surface area contributed by atoms with E-state index in [0.717, 1.165) is 0 Å². The van der Waals surface area contributed by atoms with Gasteiger partial charge in [0.25, 0.3) is 0 Å². The van der Waals surface area contributed by atoms with Crippen LogP contribution in [-0.2, 0) is 0 Å². The Morgan fingerprint density at radius 2 is 1.78 bits per heavy atom. The zero-order valence-corrected chi connectivity index (χ0v) is 11.6. The van der Waals surface area contributed by atoms with Crippen LogP contribution in [0.2, 0.25) is 0 Å². The third-order valence-electron chi connectivity index (χ3n) is 4.62. The fraction of sp³-hybridized carbons (Fsp3) is 0.625. The second kappa shape index (κ2) is 4.58. The molecule has 0 saturated carbocycles. The Balaban J connectivity index is 1.74. The lowest BCUT2D eigenvalue weighted by molar-refractivity contribution is 0.149. The van der Waals surface area contributed by atoms with Crippen LogP contribution in [0.1, 0.15) is 38.2 Å². The number of nitrogens with one attached hydrogen (secondary N) is 1. The molecule has 2 aliphatic rings.